The quantitative estimate of drug-likeness (QED) is 0.649. The van der Waals surface area contributed by atoms with Gasteiger partial charge in [0.1, 0.15) is 0 Å². The first-order valence-corrected chi connectivity index (χ1v) is 4.65. The van der Waals surface area contributed by atoms with Crippen LogP contribution in [0.2, 0.25) is 0 Å². The zero-order valence-electron chi connectivity index (χ0n) is 7.01. The molecule has 0 aromatic carbocycles. The van der Waals surface area contributed by atoms with Gasteiger partial charge in [0.25, 0.3) is 0 Å². The molecule has 2 rings (SSSR count). The van der Waals surface area contributed by atoms with Gasteiger partial charge in [-0.2, -0.15) is 0 Å². The number of rotatable bonds is 2. The summed E-state index contributed by atoms with van der Waals surface area (Å²) in [4.78, 5) is 0. The van der Waals surface area contributed by atoms with Crippen molar-refractivity contribution in [2.45, 2.75) is 25.7 Å². The van der Waals surface area contributed by atoms with E-state index in [-0.39, 0.29) is 0 Å². The Morgan fingerprint density at radius 2 is 2.27 bits per heavy atom. The van der Waals surface area contributed by atoms with Crippen LogP contribution in [0.15, 0.2) is 0 Å². The number of hydrogen-bond acceptors (Lipinski definition) is 2. The van der Waals surface area contributed by atoms with Gasteiger partial charge in [-0.05, 0) is 31.6 Å². The van der Waals surface area contributed by atoms with Crippen LogP contribution in [0.25, 0.3) is 0 Å². The van der Waals surface area contributed by atoms with Crippen LogP contribution < -0.4 is 5.73 Å². The van der Waals surface area contributed by atoms with Gasteiger partial charge in [0, 0.05) is 18.6 Å². The predicted octanol–water partition coefficient (Wildman–Crippen LogP) is 1.15. The minimum absolute atomic E-state index is 0.387. The van der Waals surface area contributed by atoms with Crippen LogP contribution in [0, 0.1) is 11.3 Å². The Balaban J connectivity index is 2.01. The van der Waals surface area contributed by atoms with E-state index >= 15 is 0 Å². The van der Waals surface area contributed by atoms with Crippen molar-refractivity contribution in [3.05, 3.63) is 0 Å². The molecule has 0 radical (unpaired) electrons. The summed E-state index contributed by atoms with van der Waals surface area (Å²) in [5.74, 6) is 0.896. The van der Waals surface area contributed by atoms with Gasteiger partial charge in [-0.3, -0.25) is 0 Å². The predicted molar refractivity (Wildman–Crippen MR) is 44.3 cm³/mol. The summed E-state index contributed by atoms with van der Waals surface area (Å²) in [6.07, 6.45) is 5.29. The van der Waals surface area contributed by atoms with Crippen LogP contribution in [0.4, 0.5) is 0 Å². The van der Waals surface area contributed by atoms with E-state index < -0.39 is 0 Å². The van der Waals surface area contributed by atoms with Gasteiger partial charge in [-0.1, -0.05) is 0 Å². The molecule has 1 atom stereocenters. The van der Waals surface area contributed by atoms with Crippen molar-refractivity contribution in [3.8, 4) is 0 Å². The maximum Gasteiger partial charge on any atom is 0.0537 e. The van der Waals surface area contributed by atoms with E-state index in [2.05, 4.69) is 0 Å². The molecule has 0 spiro atoms. The Bertz CT molecular complexity index is 136. The van der Waals surface area contributed by atoms with Crippen molar-refractivity contribution in [3.63, 3.8) is 0 Å². The van der Waals surface area contributed by atoms with Crippen LogP contribution in [-0.4, -0.2) is 19.8 Å². The number of ether oxygens (including phenoxy) is 1. The highest BCUT2D eigenvalue weighted by atomic mass is 16.5. The maximum atomic E-state index is 5.80. The molecule has 2 fully saturated rings. The molecule has 0 aromatic heterocycles. The highest BCUT2D eigenvalue weighted by Gasteiger charge is 2.45. The van der Waals surface area contributed by atoms with Crippen LogP contribution >= 0.6 is 0 Å². The third-order valence-electron chi connectivity index (χ3n) is 3.20. The molecular weight excluding hydrogens is 138 g/mol. The molecule has 2 heteroatoms. The summed E-state index contributed by atoms with van der Waals surface area (Å²) < 4.78 is 5.50. The highest BCUT2D eigenvalue weighted by Crippen LogP contribution is 2.49. The molecule has 1 unspecified atom stereocenters. The summed E-state index contributed by atoms with van der Waals surface area (Å²) in [5.41, 5.74) is 6.19. The molecule has 64 valence electrons. The lowest BCUT2D eigenvalue weighted by Gasteiger charge is -2.36. The second kappa shape index (κ2) is 2.76. The topological polar surface area (TPSA) is 35.2 Å². The Labute approximate surface area is 68.1 Å². The molecule has 2 nitrogen and oxygen atoms in total. The summed E-state index contributed by atoms with van der Waals surface area (Å²) in [6.45, 7) is 2.71. The zero-order chi connectivity index (χ0) is 7.73. The molecule has 2 aliphatic rings. The van der Waals surface area contributed by atoms with Crippen LogP contribution in [0.1, 0.15) is 25.7 Å². The molecule has 2 N–H and O–H groups in total. The van der Waals surface area contributed by atoms with E-state index in [1.807, 2.05) is 0 Å². The zero-order valence-corrected chi connectivity index (χ0v) is 7.01. The Hall–Kier alpha value is -0.0800. The summed E-state index contributed by atoms with van der Waals surface area (Å²) in [7, 11) is 0. The first-order chi connectivity index (χ1) is 5.37. The van der Waals surface area contributed by atoms with Crippen molar-refractivity contribution in [2.24, 2.45) is 17.1 Å². The summed E-state index contributed by atoms with van der Waals surface area (Å²) in [5, 5.41) is 0. The van der Waals surface area contributed by atoms with Gasteiger partial charge in [-0.15, -0.1) is 0 Å². The Morgan fingerprint density at radius 1 is 1.45 bits per heavy atom. The third kappa shape index (κ3) is 1.30. The standard InChI is InChI=1S/C9H17NO/c10-6-9(8-2-3-8)4-1-5-11-7-9/h8H,1-7,10H2. The molecule has 0 bridgehead atoms. The maximum absolute atomic E-state index is 5.80. The van der Waals surface area contributed by atoms with Crippen LogP contribution in [0.3, 0.4) is 0 Å². The number of nitrogens with two attached hydrogens (primary N) is 1. The van der Waals surface area contributed by atoms with Crippen LogP contribution in [-0.2, 0) is 4.74 Å². The molecule has 1 saturated heterocycles. The Kier molecular flexibility index (Phi) is 1.90. The van der Waals surface area contributed by atoms with E-state index in [1.165, 1.54) is 25.7 Å². The molecular formula is C9H17NO. The molecule has 1 aliphatic carbocycles. The van der Waals surface area contributed by atoms with Gasteiger partial charge in [-0.25, -0.2) is 0 Å². The minimum Gasteiger partial charge on any atom is -0.381 e. The average Bonchev–Trinajstić information content (AvgIpc) is 2.88. The normalized spacial score (nSPS) is 39.0. The smallest absolute Gasteiger partial charge is 0.0537 e. The third-order valence-corrected chi connectivity index (χ3v) is 3.20. The second-order valence-electron chi connectivity index (χ2n) is 4.00. The molecule has 11 heavy (non-hydrogen) atoms. The van der Waals surface area contributed by atoms with Gasteiger partial charge in [0.2, 0.25) is 0 Å². The van der Waals surface area contributed by atoms with Gasteiger partial charge >= 0.3 is 0 Å². The van der Waals surface area contributed by atoms with Gasteiger partial charge in [0.05, 0.1) is 6.61 Å². The fraction of sp³-hybridized carbons (Fsp3) is 1.00. The highest BCUT2D eigenvalue weighted by molar-refractivity contribution is 4.95. The van der Waals surface area contributed by atoms with E-state index in [9.17, 15) is 0 Å². The van der Waals surface area contributed by atoms with Crippen molar-refractivity contribution >= 4 is 0 Å². The molecule has 1 heterocycles. The molecule has 1 aliphatic heterocycles. The first kappa shape index (κ1) is 7.56. The molecule has 0 amide bonds. The van der Waals surface area contributed by atoms with Crippen LogP contribution in [0.5, 0.6) is 0 Å². The van der Waals surface area contributed by atoms with Crippen molar-refractivity contribution in [2.75, 3.05) is 19.8 Å². The van der Waals surface area contributed by atoms with E-state index in [1.54, 1.807) is 0 Å². The monoisotopic (exact) mass is 155 g/mol. The lowest BCUT2D eigenvalue weighted by Crippen LogP contribution is -2.40. The van der Waals surface area contributed by atoms with Crippen molar-refractivity contribution < 1.29 is 4.74 Å². The first-order valence-electron chi connectivity index (χ1n) is 4.65. The van der Waals surface area contributed by atoms with E-state index in [0.717, 1.165) is 25.7 Å². The van der Waals surface area contributed by atoms with E-state index in [0.29, 0.717) is 5.41 Å². The SMILES string of the molecule is NCC1(C2CC2)CCCOC1. The average molecular weight is 155 g/mol. The van der Waals surface area contributed by atoms with Crippen molar-refractivity contribution in [1.82, 2.24) is 0 Å². The lowest BCUT2D eigenvalue weighted by atomic mass is 9.78. The Morgan fingerprint density at radius 3 is 2.73 bits per heavy atom. The second-order valence-corrected chi connectivity index (χ2v) is 4.00. The minimum atomic E-state index is 0.387. The lowest BCUT2D eigenvalue weighted by molar-refractivity contribution is -0.0154. The largest absolute Gasteiger partial charge is 0.381 e. The molecule has 1 saturated carbocycles. The summed E-state index contributed by atoms with van der Waals surface area (Å²) in [6, 6.07) is 0. The van der Waals surface area contributed by atoms with Gasteiger partial charge < -0.3 is 10.5 Å². The van der Waals surface area contributed by atoms with E-state index in [4.69, 9.17) is 10.5 Å². The number of hydrogen-bond donors (Lipinski definition) is 1. The fourth-order valence-corrected chi connectivity index (χ4v) is 2.22. The van der Waals surface area contributed by atoms with Gasteiger partial charge in [0.15, 0.2) is 0 Å². The fourth-order valence-electron chi connectivity index (χ4n) is 2.22. The molecule has 0 aromatic rings. The summed E-state index contributed by atoms with van der Waals surface area (Å²) >= 11 is 0. The van der Waals surface area contributed by atoms with Crippen molar-refractivity contribution in [1.29, 1.82) is 0 Å².